The van der Waals surface area contributed by atoms with Crippen LogP contribution in [0, 0.1) is 5.92 Å². The molecule has 0 aliphatic carbocycles. The highest BCUT2D eigenvalue weighted by Crippen LogP contribution is 2.34. The summed E-state index contributed by atoms with van der Waals surface area (Å²) in [7, 11) is 0. The molecule has 0 radical (unpaired) electrons. The van der Waals surface area contributed by atoms with E-state index in [0.29, 0.717) is 12.3 Å². The smallest absolute Gasteiger partial charge is 0.126 e. The van der Waals surface area contributed by atoms with Crippen molar-refractivity contribution in [3.63, 3.8) is 0 Å². The Morgan fingerprint density at radius 1 is 1.37 bits per heavy atom. The summed E-state index contributed by atoms with van der Waals surface area (Å²) >= 11 is 6.15. The van der Waals surface area contributed by atoms with Gasteiger partial charge in [0.2, 0.25) is 0 Å². The summed E-state index contributed by atoms with van der Waals surface area (Å²) < 4.78 is 5.69. The van der Waals surface area contributed by atoms with E-state index in [-0.39, 0.29) is 6.10 Å². The minimum Gasteiger partial charge on any atom is -0.493 e. The Kier molecular flexibility index (Phi) is 3.96. The maximum atomic E-state index is 10.4. The summed E-state index contributed by atoms with van der Waals surface area (Å²) in [6.45, 7) is 2.74. The molecule has 1 aromatic rings. The number of ether oxygens (including phenoxy) is 1. The van der Waals surface area contributed by atoms with E-state index >= 15 is 0 Å². The van der Waals surface area contributed by atoms with E-state index in [0.717, 1.165) is 55.3 Å². The normalized spacial score (nSPS) is 20.9. The van der Waals surface area contributed by atoms with Gasteiger partial charge in [0.1, 0.15) is 5.75 Å². The Hall–Kier alpha value is -0.770. The fraction of sp³-hybridized carbons (Fsp3) is 0.600. The fourth-order valence-corrected chi connectivity index (χ4v) is 3.38. The van der Waals surface area contributed by atoms with Crippen LogP contribution in [0.4, 0.5) is 0 Å². The molecule has 3 rings (SSSR count). The van der Waals surface area contributed by atoms with Crippen LogP contribution in [-0.2, 0) is 12.8 Å². The van der Waals surface area contributed by atoms with E-state index in [1.54, 1.807) is 0 Å². The first-order valence-electron chi connectivity index (χ1n) is 7.07. The summed E-state index contributed by atoms with van der Waals surface area (Å²) in [4.78, 5) is 0. The lowest BCUT2D eigenvalue weighted by Gasteiger charge is -2.27. The fourth-order valence-electron chi connectivity index (χ4n) is 3.12. The first-order valence-corrected chi connectivity index (χ1v) is 7.44. The van der Waals surface area contributed by atoms with Crippen molar-refractivity contribution in [2.75, 3.05) is 19.7 Å². The minimum atomic E-state index is -0.297. The van der Waals surface area contributed by atoms with E-state index in [1.807, 2.05) is 12.1 Å². The molecule has 1 saturated heterocycles. The number of hydrogen-bond acceptors (Lipinski definition) is 3. The van der Waals surface area contributed by atoms with Crippen LogP contribution in [0.25, 0.3) is 0 Å². The van der Waals surface area contributed by atoms with Gasteiger partial charge in [0.25, 0.3) is 0 Å². The zero-order valence-corrected chi connectivity index (χ0v) is 11.7. The van der Waals surface area contributed by atoms with Gasteiger partial charge < -0.3 is 15.2 Å². The van der Waals surface area contributed by atoms with Crippen LogP contribution in [0.15, 0.2) is 12.1 Å². The van der Waals surface area contributed by atoms with Gasteiger partial charge in [-0.3, -0.25) is 0 Å². The van der Waals surface area contributed by atoms with Gasteiger partial charge in [-0.25, -0.2) is 0 Å². The van der Waals surface area contributed by atoms with Gasteiger partial charge in [-0.2, -0.15) is 0 Å². The molecular formula is C15H20ClNO2. The lowest BCUT2D eigenvalue weighted by atomic mass is 9.88. The molecule has 1 fully saturated rings. The van der Waals surface area contributed by atoms with Crippen LogP contribution in [0.3, 0.4) is 0 Å². The lowest BCUT2D eigenvalue weighted by molar-refractivity contribution is 0.0884. The van der Waals surface area contributed by atoms with Gasteiger partial charge in [0, 0.05) is 17.9 Å². The van der Waals surface area contributed by atoms with Crippen molar-refractivity contribution < 1.29 is 9.84 Å². The molecular weight excluding hydrogens is 262 g/mol. The molecule has 19 heavy (non-hydrogen) atoms. The highest BCUT2D eigenvalue weighted by atomic mass is 35.5. The quantitative estimate of drug-likeness (QED) is 0.892. The molecule has 0 bridgehead atoms. The maximum Gasteiger partial charge on any atom is 0.126 e. The van der Waals surface area contributed by atoms with Crippen LogP contribution in [0.2, 0.25) is 5.02 Å². The van der Waals surface area contributed by atoms with Gasteiger partial charge in [-0.1, -0.05) is 11.6 Å². The van der Waals surface area contributed by atoms with Crippen molar-refractivity contribution in [2.45, 2.75) is 31.8 Å². The first kappa shape index (κ1) is 13.2. The second-order valence-electron chi connectivity index (χ2n) is 5.51. The van der Waals surface area contributed by atoms with E-state index < -0.39 is 0 Å². The zero-order valence-electron chi connectivity index (χ0n) is 11.0. The molecule has 104 valence electrons. The van der Waals surface area contributed by atoms with E-state index in [2.05, 4.69) is 5.32 Å². The zero-order chi connectivity index (χ0) is 13.2. The number of fused-ring (bicyclic) bond motifs is 1. The predicted octanol–water partition coefficient (Wildman–Crippen LogP) is 2.18. The van der Waals surface area contributed by atoms with Crippen molar-refractivity contribution in [1.29, 1.82) is 0 Å². The SMILES string of the molecule is OC(Cc1cc(Cl)cc2c1OCC2)C1CCNCC1. The van der Waals surface area contributed by atoms with Crippen LogP contribution < -0.4 is 10.1 Å². The van der Waals surface area contributed by atoms with Crippen molar-refractivity contribution in [1.82, 2.24) is 5.32 Å². The van der Waals surface area contributed by atoms with Gasteiger partial charge in [0.05, 0.1) is 12.7 Å². The third-order valence-corrected chi connectivity index (χ3v) is 4.40. The molecule has 0 amide bonds. The topological polar surface area (TPSA) is 41.5 Å². The average molecular weight is 282 g/mol. The Labute approximate surface area is 118 Å². The van der Waals surface area contributed by atoms with Gasteiger partial charge in [-0.15, -0.1) is 0 Å². The lowest BCUT2D eigenvalue weighted by Crippen LogP contribution is -2.35. The predicted molar refractivity (Wildman–Crippen MR) is 76.0 cm³/mol. The van der Waals surface area contributed by atoms with Crippen molar-refractivity contribution in [2.24, 2.45) is 5.92 Å². The number of halogens is 1. The average Bonchev–Trinajstić information content (AvgIpc) is 2.88. The molecule has 2 aliphatic rings. The summed E-state index contributed by atoms with van der Waals surface area (Å²) in [5, 5.41) is 14.5. The summed E-state index contributed by atoms with van der Waals surface area (Å²) in [5.41, 5.74) is 2.24. The maximum absolute atomic E-state index is 10.4. The van der Waals surface area contributed by atoms with E-state index in [9.17, 15) is 5.11 Å². The number of aliphatic hydroxyl groups is 1. The van der Waals surface area contributed by atoms with Gasteiger partial charge in [-0.05, 0) is 55.1 Å². The number of rotatable bonds is 3. The van der Waals surface area contributed by atoms with Crippen LogP contribution >= 0.6 is 11.6 Å². The largest absolute Gasteiger partial charge is 0.493 e. The third kappa shape index (κ3) is 2.88. The van der Waals surface area contributed by atoms with Gasteiger partial charge in [0.15, 0.2) is 0 Å². The standard InChI is InChI=1S/C15H20ClNO2/c16-13-7-11-3-6-19-15(11)12(8-13)9-14(18)10-1-4-17-5-2-10/h7-8,10,14,17-18H,1-6,9H2. The molecule has 0 aromatic heterocycles. The minimum absolute atomic E-state index is 0.297. The molecule has 1 atom stereocenters. The Bertz CT molecular complexity index is 458. The molecule has 0 spiro atoms. The van der Waals surface area contributed by atoms with Crippen LogP contribution in [0.5, 0.6) is 5.75 Å². The summed E-state index contributed by atoms with van der Waals surface area (Å²) in [6, 6.07) is 3.92. The van der Waals surface area contributed by atoms with Crippen molar-refractivity contribution in [3.8, 4) is 5.75 Å². The van der Waals surface area contributed by atoms with Crippen molar-refractivity contribution in [3.05, 3.63) is 28.3 Å². The molecule has 1 unspecified atom stereocenters. The monoisotopic (exact) mass is 281 g/mol. The van der Waals surface area contributed by atoms with E-state index in [1.165, 1.54) is 5.56 Å². The first-order chi connectivity index (χ1) is 9.24. The molecule has 3 nitrogen and oxygen atoms in total. The number of piperidine rings is 1. The number of benzene rings is 1. The summed E-state index contributed by atoms with van der Waals surface area (Å²) in [5.74, 6) is 1.34. The Balaban J connectivity index is 1.75. The molecule has 0 saturated carbocycles. The van der Waals surface area contributed by atoms with E-state index in [4.69, 9.17) is 16.3 Å². The number of hydrogen-bond donors (Lipinski definition) is 2. The summed E-state index contributed by atoms with van der Waals surface area (Å²) in [6.07, 6.45) is 3.36. The molecule has 4 heteroatoms. The molecule has 2 aliphatic heterocycles. The second kappa shape index (κ2) is 5.70. The second-order valence-corrected chi connectivity index (χ2v) is 5.95. The highest BCUT2D eigenvalue weighted by Gasteiger charge is 2.25. The number of aliphatic hydroxyl groups excluding tert-OH is 1. The van der Waals surface area contributed by atoms with Crippen LogP contribution in [-0.4, -0.2) is 30.9 Å². The van der Waals surface area contributed by atoms with Crippen molar-refractivity contribution >= 4 is 11.6 Å². The Morgan fingerprint density at radius 3 is 2.95 bits per heavy atom. The molecule has 1 aromatic carbocycles. The Morgan fingerprint density at radius 2 is 2.16 bits per heavy atom. The third-order valence-electron chi connectivity index (χ3n) is 4.18. The molecule has 2 heterocycles. The molecule has 2 N–H and O–H groups in total. The number of nitrogens with one attached hydrogen (secondary N) is 1. The van der Waals surface area contributed by atoms with Gasteiger partial charge >= 0.3 is 0 Å². The van der Waals surface area contributed by atoms with Crippen LogP contribution in [0.1, 0.15) is 24.0 Å². The highest BCUT2D eigenvalue weighted by molar-refractivity contribution is 6.30.